The molecule has 2 heterocycles. The fourth-order valence-electron chi connectivity index (χ4n) is 3.76. The van der Waals surface area contributed by atoms with Crippen LogP contribution >= 0.6 is 0 Å². The van der Waals surface area contributed by atoms with E-state index in [-0.39, 0.29) is 76.7 Å². The van der Waals surface area contributed by atoms with E-state index in [1.807, 2.05) is 0 Å². The highest BCUT2D eigenvalue weighted by molar-refractivity contribution is 5.99. The van der Waals surface area contributed by atoms with Gasteiger partial charge >= 0.3 is 5.97 Å². The van der Waals surface area contributed by atoms with Crippen molar-refractivity contribution in [3.05, 3.63) is 29.3 Å². The zero-order chi connectivity index (χ0) is 24.5. The Morgan fingerprint density at radius 1 is 1.15 bits per heavy atom. The lowest BCUT2D eigenvalue weighted by molar-refractivity contribution is -0.138. The van der Waals surface area contributed by atoms with Gasteiger partial charge in [-0.15, -0.1) is 0 Å². The zero-order valence-corrected chi connectivity index (χ0v) is 18.7. The Morgan fingerprint density at radius 3 is 2.65 bits per heavy atom. The van der Waals surface area contributed by atoms with Gasteiger partial charge in [0.1, 0.15) is 12.0 Å². The summed E-state index contributed by atoms with van der Waals surface area (Å²) in [4.78, 5) is 48.3. The second-order valence-corrected chi connectivity index (χ2v) is 7.84. The minimum Gasteiger partial charge on any atom is -0.483 e. The SMILES string of the molecule is O=C(O)CCOCCOCCNC(=O)COc1cccc2c1CN(C1CCC(=O)NC1O)C2=O. The normalized spacial score (nSPS) is 19.5. The first kappa shape index (κ1) is 25.4. The van der Waals surface area contributed by atoms with Crippen LogP contribution in [0.4, 0.5) is 0 Å². The minimum atomic E-state index is -1.13. The molecule has 2 aliphatic heterocycles. The van der Waals surface area contributed by atoms with Crippen molar-refractivity contribution in [3.8, 4) is 5.75 Å². The topological polar surface area (TPSA) is 164 Å². The number of carboxylic acid groups (broad SMARTS) is 1. The number of carbonyl (C=O) groups excluding carboxylic acids is 3. The van der Waals surface area contributed by atoms with Crippen molar-refractivity contribution in [2.24, 2.45) is 0 Å². The average molecular weight is 479 g/mol. The molecule has 2 unspecified atom stereocenters. The van der Waals surface area contributed by atoms with Crippen LogP contribution in [0.15, 0.2) is 18.2 Å². The number of aliphatic hydroxyl groups excluding tert-OH is 1. The van der Waals surface area contributed by atoms with Crippen LogP contribution in [-0.2, 0) is 30.4 Å². The molecule has 0 bridgehead atoms. The van der Waals surface area contributed by atoms with Crippen LogP contribution in [0.1, 0.15) is 35.2 Å². The molecule has 0 aromatic heterocycles. The third kappa shape index (κ3) is 6.89. The molecule has 186 valence electrons. The first-order valence-electron chi connectivity index (χ1n) is 11.0. The maximum absolute atomic E-state index is 12.8. The van der Waals surface area contributed by atoms with E-state index in [2.05, 4.69) is 10.6 Å². The number of carbonyl (C=O) groups is 4. The predicted molar refractivity (Wildman–Crippen MR) is 116 cm³/mol. The molecular formula is C22H29N3O9. The molecule has 12 nitrogen and oxygen atoms in total. The van der Waals surface area contributed by atoms with Crippen molar-refractivity contribution in [2.75, 3.05) is 39.6 Å². The third-order valence-corrected chi connectivity index (χ3v) is 5.45. The highest BCUT2D eigenvalue weighted by atomic mass is 16.5. The van der Waals surface area contributed by atoms with Crippen molar-refractivity contribution < 1.29 is 43.6 Å². The molecule has 1 fully saturated rings. The number of rotatable bonds is 13. The van der Waals surface area contributed by atoms with Crippen molar-refractivity contribution in [2.45, 2.75) is 38.1 Å². The van der Waals surface area contributed by atoms with Gasteiger partial charge in [-0.3, -0.25) is 19.2 Å². The summed E-state index contributed by atoms with van der Waals surface area (Å²) in [6, 6.07) is 4.48. The Morgan fingerprint density at radius 2 is 1.91 bits per heavy atom. The lowest BCUT2D eigenvalue weighted by Gasteiger charge is -2.35. The Bertz CT molecular complexity index is 908. The van der Waals surface area contributed by atoms with Crippen molar-refractivity contribution in [1.82, 2.24) is 15.5 Å². The lowest BCUT2D eigenvalue weighted by atomic mass is 10.0. The predicted octanol–water partition coefficient (Wildman–Crippen LogP) is -0.758. The minimum absolute atomic E-state index is 0.0619. The number of piperidine rings is 1. The fraction of sp³-hybridized carbons (Fsp3) is 0.545. The van der Waals surface area contributed by atoms with E-state index >= 15 is 0 Å². The number of nitrogens with zero attached hydrogens (tertiary/aromatic N) is 1. The summed E-state index contributed by atoms with van der Waals surface area (Å²) in [7, 11) is 0. The molecule has 3 amide bonds. The summed E-state index contributed by atoms with van der Waals surface area (Å²) < 4.78 is 16.0. The molecule has 0 spiro atoms. The molecule has 1 aromatic carbocycles. The molecule has 1 aromatic rings. The van der Waals surface area contributed by atoms with Crippen LogP contribution in [0.25, 0.3) is 0 Å². The van der Waals surface area contributed by atoms with Crippen molar-refractivity contribution in [1.29, 1.82) is 0 Å². The summed E-state index contributed by atoms with van der Waals surface area (Å²) in [6.45, 7) is 1.17. The first-order valence-corrected chi connectivity index (χ1v) is 11.0. The molecule has 0 aliphatic carbocycles. The summed E-state index contributed by atoms with van der Waals surface area (Å²) in [6.07, 6.45) is -0.601. The molecule has 12 heteroatoms. The maximum atomic E-state index is 12.8. The van der Waals surface area contributed by atoms with E-state index in [0.29, 0.717) is 23.3 Å². The number of fused-ring (bicyclic) bond motifs is 1. The van der Waals surface area contributed by atoms with Crippen LogP contribution < -0.4 is 15.4 Å². The molecule has 4 N–H and O–H groups in total. The molecule has 2 aliphatic rings. The largest absolute Gasteiger partial charge is 0.483 e. The Labute approximate surface area is 196 Å². The molecule has 34 heavy (non-hydrogen) atoms. The van der Waals surface area contributed by atoms with E-state index in [0.717, 1.165) is 0 Å². The summed E-state index contributed by atoms with van der Waals surface area (Å²) in [5, 5.41) is 23.8. The monoisotopic (exact) mass is 479 g/mol. The van der Waals surface area contributed by atoms with E-state index < -0.39 is 18.2 Å². The van der Waals surface area contributed by atoms with Gasteiger partial charge in [0.2, 0.25) is 5.91 Å². The fourth-order valence-corrected chi connectivity index (χ4v) is 3.76. The smallest absolute Gasteiger partial charge is 0.305 e. The molecule has 3 rings (SSSR count). The van der Waals surface area contributed by atoms with Gasteiger partial charge in [-0.1, -0.05) is 6.07 Å². The summed E-state index contributed by atoms with van der Waals surface area (Å²) >= 11 is 0. The van der Waals surface area contributed by atoms with Gasteiger partial charge in [0.25, 0.3) is 11.8 Å². The number of amides is 3. The van der Waals surface area contributed by atoms with Crippen LogP contribution in [0.2, 0.25) is 0 Å². The van der Waals surface area contributed by atoms with Crippen LogP contribution in [0.3, 0.4) is 0 Å². The van der Waals surface area contributed by atoms with Crippen LogP contribution in [0, 0.1) is 0 Å². The van der Waals surface area contributed by atoms with Gasteiger partial charge in [0.15, 0.2) is 6.61 Å². The zero-order valence-electron chi connectivity index (χ0n) is 18.7. The number of benzene rings is 1. The van der Waals surface area contributed by atoms with Gasteiger partial charge in [0, 0.05) is 24.1 Å². The van der Waals surface area contributed by atoms with Crippen molar-refractivity contribution in [3.63, 3.8) is 0 Å². The van der Waals surface area contributed by atoms with E-state index in [9.17, 15) is 24.3 Å². The van der Waals surface area contributed by atoms with Gasteiger partial charge in [-0.25, -0.2) is 0 Å². The standard InChI is InChI=1S/C22H29N3O9/c26-18-5-4-16(21(30)24-18)25-12-15-14(22(25)31)2-1-3-17(15)34-13-19(27)23-7-9-33-11-10-32-8-6-20(28)29/h1-3,16,21,30H,4-13H2,(H,23,27)(H,24,26)(H,28,29). The number of carboxylic acids is 1. The highest BCUT2D eigenvalue weighted by Crippen LogP contribution is 2.34. The number of hydrogen-bond donors (Lipinski definition) is 4. The van der Waals surface area contributed by atoms with E-state index in [1.54, 1.807) is 18.2 Å². The Balaban J connectivity index is 1.39. The average Bonchev–Trinajstić information content (AvgIpc) is 3.13. The highest BCUT2D eigenvalue weighted by Gasteiger charge is 2.40. The second-order valence-electron chi connectivity index (χ2n) is 7.84. The Kier molecular flexibility index (Phi) is 9.19. The van der Waals surface area contributed by atoms with Crippen LogP contribution in [-0.4, -0.2) is 90.7 Å². The molecule has 0 saturated carbocycles. The quantitative estimate of drug-likeness (QED) is 0.266. The molecule has 1 saturated heterocycles. The molecule has 2 atom stereocenters. The molecular weight excluding hydrogens is 450 g/mol. The van der Waals surface area contributed by atoms with Gasteiger partial charge < -0.3 is 40.0 Å². The van der Waals surface area contributed by atoms with Crippen molar-refractivity contribution >= 4 is 23.7 Å². The number of aliphatic carboxylic acids is 1. The second kappa shape index (κ2) is 12.3. The number of hydrogen-bond acceptors (Lipinski definition) is 8. The number of ether oxygens (including phenoxy) is 3. The Hall–Kier alpha value is -3.22. The number of aliphatic hydroxyl groups is 1. The first-order chi connectivity index (χ1) is 16.4. The number of nitrogens with one attached hydrogen (secondary N) is 2. The molecule has 0 radical (unpaired) electrons. The van der Waals surface area contributed by atoms with Gasteiger partial charge in [-0.2, -0.15) is 0 Å². The maximum Gasteiger partial charge on any atom is 0.305 e. The van der Waals surface area contributed by atoms with Crippen LogP contribution in [0.5, 0.6) is 5.75 Å². The van der Waals surface area contributed by atoms with E-state index in [4.69, 9.17) is 19.3 Å². The summed E-state index contributed by atoms with van der Waals surface area (Å²) in [5.74, 6) is -1.38. The van der Waals surface area contributed by atoms with Gasteiger partial charge in [-0.05, 0) is 18.6 Å². The third-order valence-electron chi connectivity index (χ3n) is 5.45. The van der Waals surface area contributed by atoms with Gasteiger partial charge in [0.05, 0.1) is 45.4 Å². The summed E-state index contributed by atoms with van der Waals surface area (Å²) in [5.41, 5.74) is 1.08. The van der Waals surface area contributed by atoms with E-state index in [1.165, 1.54) is 4.90 Å². The lowest BCUT2D eigenvalue weighted by Crippen LogP contribution is -2.55.